The lowest BCUT2D eigenvalue weighted by Crippen LogP contribution is -2.41. The maximum absolute atomic E-state index is 13.3. The summed E-state index contributed by atoms with van der Waals surface area (Å²) in [5, 5.41) is 11.2. The highest BCUT2D eigenvalue weighted by atomic mass is 16.7. The molecule has 4 heterocycles. The molecule has 1 N–H and O–H groups in total. The summed E-state index contributed by atoms with van der Waals surface area (Å²) < 4.78 is 20.4. The maximum atomic E-state index is 13.3. The second-order valence-electron chi connectivity index (χ2n) is 9.75. The molecule has 2 aliphatic rings. The molecule has 0 spiro atoms. The molecule has 2 aliphatic heterocycles. The molecular weight excluding hydrogens is 433 g/mol. The molecule has 0 aliphatic carbocycles. The standard InChI is InChI=1S/C24H28BN5O4/c1-15-11-12-32-19-10-9-16(25-33-23(2,3)24(4,5)34-25)13-17(19)22(31)28-20-8-6-7-18(27-20)21-29-26-14-30(15)21/h6-10,13-15H,11-12H2,1-5H3,(H,27,28,31). The molecule has 0 radical (unpaired) electrons. The SMILES string of the molecule is CC1CCOc2ccc(B3OC(C)(C)C(C)(C)O3)cc2C(=O)Nc2cccc(n2)-c2nncn21. The van der Waals surface area contributed by atoms with E-state index in [-0.39, 0.29) is 11.9 Å². The fourth-order valence-corrected chi connectivity index (χ4v) is 4.02. The average Bonchev–Trinajstić information content (AvgIpc) is 3.35. The molecule has 2 bridgehead atoms. The average molecular weight is 461 g/mol. The van der Waals surface area contributed by atoms with Crippen molar-refractivity contribution in [2.45, 2.75) is 58.3 Å². The van der Waals surface area contributed by atoms with Gasteiger partial charge < -0.3 is 23.9 Å². The van der Waals surface area contributed by atoms with Gasteiger partial charge in [0, 0.05) is 12.5 Å². The molecule has 1 unspecified atom stereocenters. The van der Waals surface area contributed by atoms with Gasteiger partial charge in [0.2, 0.25) is 0 Å². The van der Waals surface area contributed by atoms with Crippen LogP contribution in [0, 0.1) is 0 Å². The number of ether oxygens (including phenoxy) is 1. The fraction of sp³-hybridized carbons (Fsp3) is 0.417. The molecule has 34 heavy (non-hydrogen) atoms. The minimum absolute atomic E-state index is 0.0762. The molecule has 1 atom stereocenters. The Hall–Kier alpha value is -3.24. The zero-order chi connectivity index (χ0) is 24.1. The van der Waals surface area contributed by atoms with Crippen LogP contribution in [-0.4, -0.2) is 50.6 Å². The highest BCUT2D eigenvalue weighted by molar-refractivity contribution is 6.62. The van der Waals surface area contributed by atoms with Crippen molar-refractivity contribution >= 4 is 24.3 Å². The molecular formula is C24H28BN5O4. The van der Waals surface area contributed by atoms with Crippen molar-refractivity contribution in [3.05, 3.63) is 48.3 Å². The van der Waals surface area contributed by atoms with Crippen molar-refractivity contribution in [2.75, 3.05) is 11.9 Å². The van der Waals surface area contributed by atoms with Gasteiger partial charge in [0.05, 0.1) is 23.4 Å². The van der Waals surface area contributed by atoms with Crippen LogP contribution in [0.3, 0.4) is 0 Å². The molecule has 3 aromatic rings. The minimum Gasteiger partial charge on any atom is -0.493 e. The molecule has 176 valence electrons. The number of rotatable bonds is 1. The summed E-state index contributed by atoms with van der Waals surface area (Å²) in [6.07, 6.45) is 2.39. The molecule has 1 saturated heterocycles. The van der Waals surface area contributed by atoms with E-state index in [9.17, 15) is 4.79 Å². The van der Waals surface area contributed by atoms with E-state index in [1.807, 2.05) is 50.5 Å². The summed E-state index contributed by atoms with van der Waals surface area (Å²) in [6.45, 7) is 10.5. The van der Waals surface area contributed by atoms with E-state index >= 15 is 0 Å². The summed E-state index contributed by atoms with van der Waals surface area (Å²) in [5.74, 6) is 1.22. The van der Waals surface area contributed by atoms with Crippen LogP contribution in [0.25, 0.3) is 11.5 Å². The van der Waals surface area contributed by atoms with E-state index in [2.05, 4.69) is 27.4 Å². The number of fused-ring (bicyclic) bond motifs is 5. The highest BCUT2D eigenvalue weighted by Crippen LogP contribution is 2.37. The Kier molecular flexibility index (Phi) is 5.45. The summed E-state index contributed by atoms with van der Waals surface area (Å²) in [4.78, 5) is 17.9. The number of hydrogen-bond acceptors (Lipinski definition) is 7. The van der Waals surface area contributed by atoms with Crippen molar-refractivity contribution in [2.24, 2.45) is 0 Å². The first-order valence-electron chi connectivity index (χ1n) is 11.5. The number of aromatic nitrogens is 4. The second kappa shape index (κ2) is 8.21. The Balaban J connectivity index is 1.52. The quantitative estimate of drug-likeness (QED) is 0.556. The van der Waals surface area contributed by atoms with Gasteiger partial charge >= 0.3 is 7.12 Å². The van der Waals surface area contributed by atoms with E-state index in [0.29, 0.717) is 41.7 Å². The van der Waals surface area contributed by atoms with Crippen molar-refractivity contribution in [3.8, 4) is 17.3 Å². The molecule has 10 heteroatoms. The van der Waals surface area contributed by atoms with Crippen molar-refractivity contribution in [3.63, 3.8) is 0 Å². The Morgan fingerprint density at radius 1 is 1.12 bits per heavy atom. The van der Waals surface area contributed by atoms with Crippen molar-refractivity contribution in [1.82, 2.24) is 19.7 Å². The number of carbonyl (C=O) groups is 1. The molecule has 5 rings (SSSR count). The van der Waals surface area contributed by atoms with Crippen molar-refractivity contribution < 1.29 is 18.8 Å². The van der Waals surface area contributed by atoms with Crippen LogP contribution in [-0.2, 0) is 9.31 Å². The van der Waals surface area contributed by atoms with Crippen LogP contribution >= 0.6 is 0 Å². The lowest BCUT2D eigenvalue weighted by atomic mass is 9.78. The first kappa shape index (κ1) is 22.6. The van der Waals surface area contributed by atoms with Gasteiger partial charge in [-0.15, -0.1) is 10.2 Å². The Labute approximate surface area is 199 Å². The summed E-state index contributed by atoms with van der Waals surface area (Å²) in [5.41, 5.74) is 0.815. The van der Waals surface area contributed by atoms with E-state index in [1.165, 1.54) is 0 Å². The highest BCUT2D eigenvalue weighted by Gasteiger charge is 2.51. The van der Waals surface area contributed by atoms with Crippen LogP contribution in [0.4, 0.5) is 5.82 Å². The number of hydrogen-bond donors (Lipinski definition) is 1. The molecule has 1 aromatic carbocycles. The van der Waals surface area contributed by atoms with Crippen LogP contribution in [0.2, 0.25) is 0 Å². The van der Waals surface area contributed by atoms with Crippen LogP contribution in [0.1, 0.15) is 57.4 Å². The summed E-state index contributed by atoms with van der Waals surface area (Å²) in [7, 11) is -0.585. The smallest absolute Gasteiger partial charge is 0.493 e. The van der Waals surface area contributed by atoms with E-state index in [0.717, 1.165) is 5.46 Å². The third-order valence-electron chi connectivity index (χ3n) is 6.83. The van der Waals surface area contributed by atoms with Crippen LogP contribution in [0.5, 0.6) is 5.75 Å². The largest absolute Gasteiger partial charge is 0.494 e. The fourth-order valence-electron chi connectivity index (χ4n) is 4.02. The molecule has 2 aromatic heterocycles. The van der Waals surface area contributed by atoms with Crippen LogP contribution < -0.4 is 15.5 Å². The third-order valence-corrected chi connectivity index (χ3v) is 6.83. The number of nitrogens with zero attached hydrogens (tertiary/aromatic N) is 4. The van der Waals surface area contributed by atoms with E-state index in [4.69, 9.17) is 14.0 Å². The Morgan fingerprint density at radius 2 is 1.88 bits per heavy atom. The molecule has 1 fully saturated rings. The predicted molar refractivity (Wildman–Crippen MR) is 128 cm³/mol. The number of pyridine rings is 1. The number of carbonyl (C=O) groups excluding carboxylic acids is 1. The van der Waals surface area contributed by atoms with Crippen LogP contribution in [0.15, 0.2) is 42.7 Å². The zero-order valence-corrected chi connectivity index (χ0v) is 20.0. The maximum Gasteiger partial charge on any atom is 0.494 e. The Morgan fingerprint density at radius 3 is 2.65 bits per heavy atom. The second-order valence-corrected chi connectivity index (χ2v) is 9.75. The monoisotopic (exact) mass is 461 g/mol. The first-order chi connectivity index (χ1) is 16.1. The first-order valence-corrected chi connectivity index (χ1v) is 11.5. The van der Waals surface area contributed by atoms with Gasteiger partial charge in [-0.3, -0.25) is 4.79 Å². The zero-order valence-electron chi connectivity index (χ0n) is 20.0. The molecule has 1 amide bonds. The van der Waals surface area contributed by atoms with Gasteiger partial charge in [0.15, 0.2) is 5.82 Å². The van der Waals surface area contributed by atoms with Gasteiger partial charge in [0.1, 0.15) is 23.6 Å². The minimum atomic E-state index is -0.585. The van der Waals surface area contributed by atoms with Gasteiger partial charge in [-0.1, -0.05) is 12.1 Å². The predicted octanol–water partition coefficient (Wildman–Crippen LogP) is 3.24. The Bertz CT molecular complexity index is 1230. The van der Waals surface area contributed by atoms with Gasteiger partial charge in [-0.2, -0.15) is 0 Å². The number of nitrogens with one attached hydrogen (secondary N) is 1. The number of anilines is 1. The normalized spacial score (nSPS) is 21.3. The number of benzene rings is 1. The molecule has 0 saturated carbocycles. The van der Waals surface area contributed by atoms with Crippen molar-refractivity contribution in [1.29, 1.82) is 0 Å². The van der Waals surface area contributed by atoms with Gasteiger partial charge in [-0.05, 0) is 64.3 Å². The topological polar surface area (TPSA) is 100 Å². The van der Waals surface area contributed by atoms with E-state index < -0.39 is 18.3 Å². The third kappa shape index (κ3) is 3.97. The van der Waals surface area contributed by atoms with Gasteiger partial charge in [0.25, 0.3) is 5.91 Å². The molecule has 9 nitrogen and oxygen atoms in total. The lowest BCUT2D eigenvalue weighted by Gasteiger charge is -2.32. The van der Waals surface area contributed by atoms with E-state index in [1.54, 1.807) is 24.5 Å². The van der Waals surface area contributed by atoms with Gasteiger partial charge in [-0.25, -0.2) is 4.98 Å². The summed E-state index contributed by atoms with van der Waals surface area (Å²) in [6, 6.07) is 11.0. The summed E-state index contributed by atoms with van der Waals surface area (Å²) >= 11 is 0. The lowest BCUT2D eigenvalue weighted by molar-refractivity contribution is 0.00578. The number of amides is 1.